The molecule has 0 aromatic heterocycles. The van der Waals surface area contributed by atoms with Crippen LogP contribution in [0.15, 0.2) is 23.1 Å². The number of rotatable bonds is 3. The van der Waals surface area contributed by atoms with Crippen molar-refractivity contribution in [3.05, 3.63) is 28.8 Å². The van der Waals surface area contributed by atoms with Crippen molar-refractivity contribution in [2.75, 3.05) is 20.1 Å². The molecule has 0 bridgehead atoms. The highest BCUT2D eigenvalue weighted by molar-refractivity contribution is 7.89. The van der Waals surface area contributed by atoms with Crippen LogP contribution in [0.5, 0.6) is 0 Å². The molecule has 0 spiro atoms. The Bertz CT molecular complexity index is 539. The molecule has 1 atom stereocenters. The first-order valence-electron chi connectivity index (χ1n) is 5.88. The van der Waals surface area contributed by atoms with Gasteiger partial charge in [0.05, 0.1) is 5.02 Å². The Morgan fingerprint density at radius 1 is 1.44 bits per heavy atom. The molecule has 1 aliphatic rings. The third kappa shape index (κ3) is 2.40. The highest BCUT2D eigenvalue weighted by Gasteiger charge is 2.31. The largest absolute Gasteiger partial charge is 0.315 e. The van der Waals surface area contributed by atoms with Gasteiger partial charge in [-0.3, -0.25) is 0 Å². The van der Waals surface area contributed by atoms with E-state index in [1.54, 1.807) is 32.2 Å². The lowest BCUT2D eigenvalue weighted by molar-refractivity contribution is 0.388. The molecule has 0 saturated carbocycles. The lowest BCUT2D eigenvalue weighted by Crippen LogP contribution is -2.38. The van der Waals surface area contributed by atoms with E-state index in [4.69, 9.17) is 11.6 Å². The zero-order valence-corrected chi connectivity index (χ0v) is 12.1. The Morgan fingerprint density at radius 3 is 2.78 bits per heavy atom. The molecule has 1 heterocycles. The maximum atomic E-state index is 12.5. The Kier molecular flexibility index (Phi) is 3.96. The topological polar surface area (TPSA) is 49.4 Å². The third-order valence-electron chi connectivity index (χ3n) is 3.36. The summed E-state index contributed by atoms with van der Waals surface area (Å²) >= 11 is 6.11. The molecule has 6 heteroatoms. The summed E-state index contributed by atoms with van der Waals surface area (Å²) in [5.74, 6) is 0. The van der Waals surface area contributed by atoms with Crippen LogP contribution in [0.25, 0.3) is 0 Å². The molecule has 1 fully saturated rings. The molecule has 2 rings (SSSR count). The van der Waals surface area contributed by atoms with Gasteiger partial charge in [-0.2, -0.15) is 4.31 Å². The summed E-state index contributed by atoms with van der Waals surface area (Å²) in [5, 5.41) is 3.48. The number of halogens is 1. The van der Waals surface area contributed by atoms with E-state index in [1.807, 2.05) is 0 Å². The van der Waals surface area contributed by atoms with Crippen LogP contribution in [-0.2, 0) is 10.0 Å². The molecule has 0 aliphatic carbocycles. The van der Waals surface area contributed by atoms with Crippen molar-refractivity contribution < 1.29 is 8.42 Å². The van der Waals surface area contributed by atoms with Gasteiger partial charge in [0.1, 0.15) is 4.90 Å². The lowest BCUT2D eigenvalue weighted by atomic mass is 10.2. The van der Waals surface area contributed by atoms with Gasteiger partial charge >= 0.3 is 0 Å². The number of likely N-dealkylation sites (N-methyl/N-ethyl adjacent to an activating group) is 1. The van der Waals surface area contributed by atoms with Gasteiger partial charge in [0.25, 0.3) is 0 Å². The normalized spacial score (nSPS) is 20.6. The Hall–Kier alpha value is -0.620. The SMILES string of the molecule is Cc1cccc(S(=O)(=O)N(C)C2CCNC2)c1Cl. The Labute approximate surface area is 113 Å². The van der Waals surface area contributed by atoms with Crippen molar-refractivity contribution >= 4 is 21.6 Å². The second kappa shape index (κ2) is 5.17. The van der Waals surface area contributed by atoms with Crippen LogP contribution in [-0.4, -0.2) is 38.9 Å². The molecule has 1 unspecified atom stereocenters. The molecule has 0 amide bonds. The van der Waals surface area contributed by atoms with Gasteiger partial charge in [-0.05, 0) is 31.5 Å². The van der Waals surface area contributed by atoms with E-state index in [-0.39, 0.29) is 10.9 Å². The quantitative estimate of drug-likeness (QED) is 0.920. The van der Waals surface area contributed by atoms with Gasteiger partial charge in [0.2, 0.25) is 10.0 Å². The second-order valence-corrected chi connectivity index (χ2v) is 6.90. The van der Waals surface area contributed by atoms with Crippen molar-refractivity contribution in [2.45, 2.75) is 24.3 Å². The number of nitrogens with one attached hydrogen (secondary N) is 1. The summed E-state index contributed by atoms with van der Waals surface area (Å²) < 4.78 is 26.4. The monoisotopic (exact) mass is 288 g/mol. The van der Waals surface area contributed by atoms with Gasteiger partial charge in [-0.1, -0.05) is 23.7 Å². The van der Waals surface area contributed by atoms with E-state index in [9.17, 15) is 8.42 Å². The molecule has 100 valence electrons. The predicted octanol–water partition coefficient (Wildman–Crippen LogP) is 1.63. The first-order chi connectivity index (χ1) is 8.44. The van der Waals surface area contributed by atoms with Gasteiger partial charge < -0.3 is 5.32 Å². The lowest BCUT2D eigenvalue weighted by Gasteiger charge is -2.23. The van der Waals surface area contributed by atoms with E-state index < -0.39 is 10.0 Å². The maximum absolute atomic E-state index is 12.5. The average molecular weight is 289 g/mol. The van der Waals surface area contributed by atoms with E-state index in [2.05, 4.69) is 5.32 Å². The number of hydrogen-bond acceptors (Lipinski definition) is 3. The highest BCUT2D eigenvalue weighted by atomic mass is 35.5. The van der Waals surface area contributed by atoms with Crippen molar-refractivity contribution in [2.24, 2.45) is 0 Å². The van der Waals surface area contributed by atoms with Crippen LogP contribution in [0, 0.1) is 6.92 Å². The van der Waals surface area contributed by atoms with Crippen molar-refractivity contribution in [1.29, 1.82) is 0 Å². The minimum atomic E-state index is -3.51. The van der Waals surface area contributed by atoms with Crippen molar-refractivity contribution in [1.82, 2.24) is 9.62 Å². The second-order valence-electron chi connectivity index (χ2n) is 4.55. The highest BCUT2D eigenvalue weighted by Crippen LogP contribution is 2.28. The molecular weight excluding hydrogens is 272 g/mol. The molecule has 1 N–H and O–H groups in total. The fourth-order valence-electron chi connectivity index (χ4n) is 2.12. The van der Waals surface area contributed by atoms with Crippen LogP contribution < -0.4 is 5.32 Å². The predicted molar refractivity (Wildman–Crippen MR) is 72.4 cm³/mol. The van der Waals surface area contributed by atoms with Crippen LogP contribution >= 0.6 is 11.6 Å². The third-order valence-corrected chi connectivity index (χ3v) is 5.93. The molecule has 4 nitrogen and oxygen atoms in total. The zero-order valence-electron chi connectivity index (χ0n) is 10.5. The molecule has 1 aromatic rings. The molecule has 1 aliphatic heterocycles. The van der Waals surface area contributed by atoms with Gasteiger partial charge in [-0.15, -0.1) is 0 Å². The standard InChI is InChI=1S/C12H17ClN2O2S/c1-9-4-3-5-11(12(9)13)18(16,17)15(2)10-6-7-14-8-10/h3-5,10,14H,6-8H2,1-2H3. The van der Waals surface area contributed by atoms with Gasteiger partial charge in [0, 0.05) is 19.6 Å². The van der Waals surface area contributed by atoms with Gasteiger partial charge in [-0.25, -0.2) is 8.42 Å². The average Bonchev–Trinajstić information content (AvgIpc) is 2.85. The molecule has 18 heavy (non-hydrogen) atoms. The smallest absolute Gasteiger partial charge is 0.244 e. The van der Waals surface area contributed by atoms with E-state index in [0.717, 1.165) is 18.5 Å². The number of benzene rings is 1. The summed E-state index contributed by atoms with van der Waals surface area (Å²) in [7, 11) is -1.90. The van der Waals surface area contributed by atoms with Crippen LogP contribution in [0.2, 0.25) is 5.02 Å². The fraction of sp³-hybridized carbons (Fsp3) is 0.500. The number of nitrogens with zero attached hydrogens (tertiary/aromatic N) is 1. The van der Waals surface area contributed by atoms with E-state index in [0.29, 0.717) is 11.6 Å². The van der Waals surface area contributed by atoms with Crippen LogP contribution in [0.3, 0.4) is 0 Å². The molecular formula is C12H17ClN2O2S. The molecule has 1 aromatic carbocycles. The minimum absolute atomic E-state index is 0.00609. The van der Waals surface area contributed by atoms with Crippen LogP contribution in [0.1, 0.15) is 12.0 Å². The summed E-state index contributed by atoms with van der Waals surface area (Å²) in [6, 6.07) is 5.09. The first kappa shape index (κ1) is 13.8. The van der Waals surface area contributed by atoms with Crippen molar-refractivity contribution in [3.63, 3.8) is 0 Å². The summed E-state index contributed by atoms with van der Waals surface area (Å²) in [5.41, 5.74) is 0.774. The van der Waals surface area contributed by atoms with Crippen LogP contribution in [0.4, 0.5) is 0 Å². The number of sulfonamides is 1. The summed E-state index contributed by atoms with van der Waals surface area (Å²) in [6.45, 7) is 3.35. The van der Waals surface area contributed by atoms with Gasteiger partial charge in [0.15, 0.2) is 0 Å². The van der Waals surface area contributed by atoms with E-state index in [1.165, 1.54) is 4.31 Å². The maximum Gasteiger partial charge on any atom is 0.244 e. The number of hydrogen-bond donors (Lipinski definition) is 1. The van der Waals surface area contributed by atoms with Crippen molar-refractivity contribution in [3.8, 4) is 0 Å². The summed E-state index contributed by atoms with van der Waals surface area (Å²) in [6.07, 6.45) is 0.833. The fourth-order valence-corrected chi connectivity index (χ4v) is 4.06. The minimum Gasteiger partial charge on any atom is -0.315 e. The van der Waals surface area contributed by atoms with E-state index >= 15 is 0 Å². The molecule has 0 radical (unpaired) electrons. The summed E-state index contributed by atoms with van der Waals surface area (Å²) in [4.78, 5) is 0.193. The Balaban J connectivity index is 2.38. The number of aryl methyl sites for hydroxylation is 1. The first-order valence-corrected chi connectivity index (χ1v) is 7.70. The zero-order chi connectivity index (χ0) is 13.3. The Morgan fingerprint density at radius 2 is 2.17 bits per heavy atom. The molecule has 1 saturated heterocycles.